The summed E-state index contributed by atoms with van der Waals surface area (Å²) in [4.78, 5) is 0. The summed E-state index contributed by atoms with van der Waals surface area (Å²) < 4.78 is 18.4. The molecule has 0 aliphatic carbocycles. The van der Waals surface area contributed by atoms with E-state index in [1.807, 2.05) is 24.3 Å². The first kappa shape index (κ1) is 11.1. The van der Waals surface area contributed by atoms with E-state index in [1.54, 1.807) is 13.2 Å². The second kappa shape index (κ2) is 4.33. The third kappa shape index (κ3) is 1.92. The van der Waals surface area contributed by atoms with E-state index in [2.05, 4.69) is 11.4 Å². The third-order valence-electron chi connectivity index (χ3n) is 3.32. The highest BCUT2D eigenvalue weighted by molar-refractivity contribution is 5.58. The van der Waals surface area contributed by atoms with E-state index in [4.69, 9.17) is 4.74 Å². The van der Waals surface area contributed by atoms with Crippen LogP contribution in [0.4, 0.5) is 10.1 Å². The van der Waals surface area contributed by atoms with E-state index in [-0.39, 0.29) is 11.9 Å². The van der Waals surface area contributed by atoms with Gasteiger partial charge < -0.3 is 10.1 Å². The number of rotatable bonds is 2. The van der Waals surface area contributed by atoms with Gasteiger partial charge in [0.15, 0.2) is 0 Å². The first-order chi connectivity index (χ1) is 8.76. The van der Waals surface area contributed by atoms with Gasteiger partial charge in [0, 0.05) is 5.69 Å². The summed E-state index contributed by atoms with van der Waals surface area (Å²) in [5, 5.41) is 3.35. The fourth-order valence-electron chi connectivity index (χ4n) is 2.38. The standard InChI is InChI=1S/C15H14FNO/c1-18-13-4-2-3-10(7-13)14-8-11-5-6-12(16)9-15(11)17-14/h2-7,9,14,17H,8H2,1H3. The molecule has 0 fully saturated rings. The van der Waals surface area contributed by atoms with Gasteiger partial charge in [-0.1, -0.05) is 18.2 Å². The molecule has 0 aromatic heterocycles. The Morgan fingerprint density at radius 1 is 1.22 bits per heavy atom. The Hall–Kier alpha value is -2.03. The Morgan fingerprint density at radius 3 is 2.94 bits per heavy atom. The van der Waals surface area contributed by atoms with E-state index in [0.29, 0.717) is 0 Å². The Labute approximate surface area is 105 Å². The summed E-state index contributed by atoms with van der Waals surface area (Å²) >= 11 is 0. The van der Waals surface area contributed by atoms with Crippen LogP contribution in [0.3, 0.4) is 0 Å². The van der Waals surface area contributed by atoms with Crippen LogP contribution in [0.1, 0.15) is 17.2 Å². The highest BCUT2D eigenvalue weighted by Crippen LogP contribution is 2.35. The van der Waals surface area contributed by atoms with Crippen molar-refractivity contribution in [3.05, 3.63) is 59.4 Å². The van der Waals surface area contributed by atoms with Crippen LogP contribution >= 0.6 is 0 Å². The average molecular weight is 243 g/mol. The molecular weight excluding hydrogens is 229 g/mol. The molecule has 1 aliphatic rings. The minimum atomic E-state index is -0.201. The predicted molar refractivity (Wildman–Crippen MR) is 69.5 cm³/mol. The molecule has 1 unspecified atom stereocenters. The van der Waals surface area contributed by atoms with Crippen LogP contribution in [0.5, 0.6) is 5.75 Å². The second-order valence-electron chi connectivity index (χ2n) is 4.48. The van der Waals surface area contributed by atoms with Gasteiger partial charge in [0.25, 0.3) is 0 Å². The zero-order chi connectivity index (χ0) is 12.5. The summed E-state index contributed by atoms with van der Waals surface area (Å²) in [5.74, 6) is 0.643. The Bertz CT molecular complexity index is 582. The Morgan fingerprint density at radius 2 is 2.11 bits per heavy atom. The number of anilines is 1. The summed E-state index contributed by atoms with van der Waals surface area (Å²) in [7, 11) is 1.66. The number of ether oxygens (including phenoxy) is 1. The molecule has 18 heavy (non-hydrogen) atoms. The second-order valence-corrected chi connectivity index (χ2v) is 4.48. The van der Waals surface area contributed by atoms with Gasteiger partial charge in [-0.25, -0.2) is 4.39 Å². The number of fused-ring (bicyclic) bond motifs is 1. The molecule has 0 saturated carbocycles. The number of benzene rings is 2. The minimum Gasteiger partial charge on any atom is -0.497 e. The van der Waals surface area contributed by atoms with E-state index < -0.39 is 0 Å². The minimum absolute atomic E-state index is 0.192. The molecule has 3 heteroatoms. The number of hydrogen-bond donors (Lipinski definition) is 1. The van der Waals surface area contributed by atoms with Crippen LogP contribution in [0, 0.1) is 5.82 Å². The molecule has 1 N–H and O–H groups in total. The lowest BCUT2D eigenvalue weighted by Gasteiger charge is -2.12. The molecule has 0 radical (unpaired) electrons. The summed E-state index contributed by atoms with van der Waals surface area (Å²) in [5.41, 5.74) is 3.21. The van der Waals surface area contributed by atoms with Gasteiger partial charge in [-0.3, -0.25) is 0 Å². The number of hydrogen-bond acceptors (Lipinski definition) is 2. The van der Waals surface area contributed by atoms with Crippen LogP contribution in [0.15, 0.2) is 42.5 Å². The van der Waals surface area contributed by atoms with Gasteiger partial charge in [-0.15, -0.1) is 0 Å². The maximum atomic E-state index is 13.2. The fourth-order valence-corrected chi connectivity index (χ4v) is 2.38. The molecule has 2 nitrogen and oxygen atoms in total. The van der Waals surface area contributed by atoms with Gasteiger partial charge in [-0.2, -0.15) is 0 Å². The predicted octanol–water partition coefficient (Wildman–Crippen LogP) is 3.54. The normalized spacial score (nSPS) is 17.1. The van der Waals surface area contributed by atoms with Crippen molar-refractivity contribution in [3.8, 4) is 5.75 Å². The van der Waals surface area contributed by atoms with Crippen LogP contribution in [-0.4, -0.2) is 7.11 Å². The number of nitrogens with one attached hydrogen (secondary N) is 1. The van der Waals surface area contributed by atoms with Gasteiger partial charge in [0.05, 0.1) is 13.2 Å². The van der Waals surface area contributed by atoms with Crippen molar-refractivity contribution < 1.29 is 9.13 Å². The quantitative estimate of drug-likeness (QED) is 0.871. The topological polar surface area (TPSA) is 21.3 Å². The zero-order valence-corrected chi connectivity index (χ0v) is 10.1. The fraction of sp³-hybridized carbons (Fsp3) is 0.200. The van der Waals surface area contributed by atoms with Crippen molar-refractivity contribution in [2.24, 2.45) is 0 Å². The first-order valence-electron chi connectivity index (χ1n) is 5.95. The van der Waals surface area contributed by atoms with Crippen molar-refractivity contribution in [1.82, 2.24) is 0 Å². The molecule has 2 aromatic rings. The van der Waals surface area contributed by atoms with Crippen LogP contribution in [0.2, 0.25) is 0 Å². The van der Waals surface area contributed by atoms with Gasteiger partial charge in [-0.05, 0) is 41.8 Å². The van der Waals surface area contributed by atoms with E-state index in [1.165, 1.54) is 6.07 Å². The summed E-state index contributed by atoms with van der Waals surface area (Å²) in [6.07, 6.45) is 0.878. The van der Waals surface area contributed by atoms with Crippen LogP contribution < -0.4 is 10.1 Å². The average Bonchev–Trinajstić information content (AvgIpc) is 2.81. The molecule has 1 atom stereocenters. The van der Waals surface area contributed by atoms with Crippen molar-refractivity contribution in [1.29, 1.82) is 0 Å². The van der Waals surface area contributed by atoms with Gasteiger partial charge >= 0.3 is 0 Å². The lowest BCUT2D eigenvalue weighted by Crippen LogP contribution is -2.05. The lowest BCUT2D eigenvalue weighted by atomic mass is 10.0. The highest BCUT2D eigenvalue weighted by Gasteiger charge is 2.22. The van der Waals surface area contributed by atoms with Crippen LogP contribution in [0.25, 0.3) is 0 Å². The van der Waals surface area contributed by atoms with Gasteiger partial charge in [0.2, 0.25) is 0 Å². The maximum Gasteiger partial charge on any atom is 0.125 e. The Balaban J connectivity index is 1.88. The molecule has 1 heterocycles. The zero-order valence-electron chi connectivity index (χ0n) is 10.1. The number of methoxy groups -OCH3 is 1. The molecule has 1 aliphatic heterocycles. The van der Waals surface area contributed by atoms with Gasteiger partial charge in [0.1, 0.15) is 11.6 Å². The largest absolute Gasteiger partial charge is 0.497 e. The molecular formula is C15H14FNO. The molecule has 0 amide bonds. The van der Waals surface area contributed by atoms with Crippen molar-refractivity contribution >= 4 is 5.69 Å². The van der Waals surface area contributed by atoms with Crippen molar-refractivity contribution in [2.45, 2.75) is 12.5 Å². The molecule has 0 bridgehead atoms. The molecule has 0 saturated heterocycles. The maximum absolute atomic E-state index is 13.2. The molecule has 3 rings (SSSR count). The lowest BCUT2D eigenvalue weighted by molar-refractivity contribution is 0.414. The summed E-state index contributed by atoms with van der Waals surface area (Å²) in [6.45, 7) is 0. The molecule has 92 valence electrons. The van der Waals surface area contributed by atoms with Crippen molar-refractivity contribution in [2.75, 3.05) is 12.4 Å². The number of halogens is 1. The SMILES string of the molecule is COc1cccc(C2Cc3ccc(F)cc3N2)c1. The molecule has 0 spiro atoms. The van der Waals surface area contributed by atoms with E-state index >= 15 is 0 Å². The third-order valence-corrected chi connectivity index (χ3v) is 3.32. The van der Waals surface area contributed by atoms with Crippen LogP contribution in [-0.2, 0) is 6.42 Å². The smallest absolute Gasteiger partial charge is 0.125 e. The van der Waals surface area contributed by atoms with E-state index in [0.717, 1.165) is 29.0 Å². The Kier molecular flexibility index (Phi) is 2.67. The van der Waals surface area contributed by atoms with Crippen molar-refractivity contribution in [3.63, 3.8) is 0 Å². The van der Waals surface area contributed by atoms with E-state index in [9.17, 15) is 4.39 Å². The molecule has 2 aromatic carbocycles. The summed E-state index contributed by atoms with van der Waals surface area (Å²) in [6, 6.07) is 13.1. The highest BCUT2D eigenvalue weighted by atomic mass is 19.1. The monoisotopic (exact) mass is 243 g/mol. The first-order valence-corrected chi connectivity index (χ1v) is 5.95.